The molecule has 3 rings (SSSR count). The molecule has 5 nitrogen and oxygen atoms in total. The topological polar surface area (TPSA) is 58.4 Å². The lowest BCUT2D eigenvalue weighted by molar-refractivity contribution is -0.126. The Labute approximate surface area is 124 Å². The molecular weight excluding hydrogens is 266 g/mol. The summed E-state index contributed by atoms with van der Waals surface area (Å²) in [6.45, 7) is 2.52. The molecule has 1 aliphatic rings. The molecule has 1 aromatic carbocycles. The van der Waals surface area contributed by atoms with Crippen molar-refractivity contribution in [2.75, 3.05) is 26.7 Å². The number of para-hydroxylation sites is 2. The third kappa shape index (κ3) is 3.42. The lowest BCUT2D eigenvalue weighted by atomic mass is 9.97. The molecule has 0 bridgehead atoms. The first-order valence-corrected chi connectivity index (χ1v) is 7.53. The first-order chi connectivity index (χ1) is 10.2. The van der Waals surface area contributed by atoms with Crippen molar-refractivity contribution in [3.8, 4) is 0 Å². The minimum Gasteiger partial charge on any atom is -0.441 e. The average molecular weight is 287 g/mol. The molecule has 1 amide bonds. The van der Waals surface area contributed by atoms with E-state index in [-0.39, 0.29) is 11.8 Å². The van der Waals surface area contributed by atoms with Gasteiger partial charge >= 0.3 is 0 Å². The second-order valence-corrected chi connectivity index (χ2v) is 5.72. The first kappa shape index (κ1) is 14.1. The SMILES string of the molecule is CN1CCC[C@@H](C(=O)NCCc2nc3ccccc3o2)C1. The van der Waals surface area contributed by atoms with Gasteiger partial charge in [-0.15, -0.1) is 0 Å². The lowest BCUT2D eigenvalue weighted by Crippen LogP contribution is -2.41. The summed E-state index contributed by atoms with van der Waals surface area (Å²) in [6, 6.07) is 7.70. The molecule has 0 aliphatic carbocycles. The van der Waals surface area contributed by atoms with E-state index >= 15 is 0 Å². The second-order valence-electron chi connectivity index (χ2n) is 5.72. The summed E-state index contributed by atoms with van der Waals surface area (Å²) in [6.07, 6.45) is 2.71. The molecule has 1 N–H and O–H groups in total. The molecular formula is C16H21N3O2. The number of benzene rings is 1. The third-order valence-electron chi connectivity index (χ3n) is 3.97. The largest absolute Gasteiger partial charge is 0.441 e. The number of fused-ring (bicyclic) bond motifs is 1. The van der Waals surface area contributed by atoms with Crippen LogP contribution in [-0.4, -0.2) is 42.5 Å². The quantitative estimate of drug-likeness (QED) is 0.932. The Bertz CT molecular complexity index is 590. The molecule has 21 heavy (non-hydrogen) atoms. The maximum atomic E-state index is 12.1. The zero-order valence-corrected chi connectivity index (χ0v) is 12.3. The van der Waals surface area contributed by atoms with Crippen molar-refractivity contribution < 1.29 is 9.21 Å². The van der Waals surface area contributed by atoms with Crippen LogP contribution >= 0.6 is 0 Å². The fourth-order valence-electron chi connectivity index (χ4n) is 2.84. The normalized spacial score (nSPS) is 19.8. The number of nitrogens with one attached hydrogen (secondary N) is 1. The van der Waals surface area contributed by atoms with Gasteiger partial charge in [0, 0.05) is 19.5 Å². The van der Waals surface area contributed by atoms with Crippen molar-refractivity contribution in [2.24, 2.45) is 5.92 Å². The number of rotatable bonds is 4. The van der Waals surface area contributed by atoms with Crippen molar-refractivity contribution >= 4 is 17.0 Å². The molecule has 1 aromatic heterocycles. The predicted octanol–water partition coefficient (Wildman–Crippen LogP) is 1.83. The van der Waals surface area contributed by atoms with Crippen LogP contribution < -0.4 is 5.32 Å². The predicted molar refractivity (Wildman–Crippen MR) is 80.9 cm³/mol. The van der Waals surface area contributed by atoms with E-state index in [4.69, 9.17) is 4.42 Å². The van der Waals surface area contributed by atoms with Crippen molar-refractivity contribution in [2.45, 2.75) is 19.3 Å². The summed E-state index contributed by atoms with van der Waals surface area (Å²) in [5, 5.41) is 3.00. The van der Waals surface area contributed by atoms with Gasteiger partial charge in [-0.25, -0.2) is 4.98 Å². The monoisotopic (exact) mass is 287 g/mol. The highest BCUT2D eigenvalue weighted by atomic mass is 16.3. The Morgan fingerprint density at radius 2 is 2.33 bits per heavy atom. The fourth-order valence-corrected chi connectivity index (χ4v) is 2.84. The molecule has 0 saturated carbocycles. The second kappa shape index (κ2) is 6.26. The van der Waals surface area contributed by atoms with Crippen molar-refractivity contribution in [1.82, 2.24) is 15.2 Å². The van der Waals surface area contributed by atoms with E-state index in [9.17, 15) is 4.79 Å². The Morgan fingerprint density at radius 3 is 3.14 bits per heavy atom. The Balaban J connectivity index is 1.50. The number of carbonyl (C=O) groups is 1. The van der Waals surface area contributed by atoms with Crippen LogP contribution in [0.1, 0.15) is 18.7 Å². The molecule has 112 valence electrons. The molecule has 0 spiro atoms. The minimum absolute atomic E-state index is 0.118. The molecule has 5 heteroatoms. The van der Waals surface area contributed by atoms with Crippen LogP contribution in [-0.2, 0) is 11.2 Å². The van der Waals surface area contributed by atoms with Crippen LogP contribution in [0.3, 0.4) is 0 Å². The summed E-state index contributed by atoms with van der Waals surface area (Å²) in [5.74, 6) is 0.947. The average Bonchev–Trinajstić information content (AvgIpc) is 2.89. The van der Waals surface area contributed by atoms with Crippen LogP contribution in [0.4, 0.5) is 0 Å². The molecule has 1 saturated heterocycles. The molecule has 2 heterocycles. The zero-order valence-electron chi connectivity index (χ0n) is 12.3. The highest BCUT2D eigenvalue weighted by molar-refractivity contribution is 5.79. The van der Waals surface area contributed by atoms with Crippen LogP contribution in [0.15, 0.2) is 28.7 Å². The Kier molecular flexibility index (Phi) is 4.20. The number of likely N-dealkylation sites (tertiary alicyclic amines) is 1. The van der Waals surface area contributed by atoms with E-state index < -0.39 is 0 Å². The maximum Gasteiger partial charge on any atom is 0.224 e. The van der Waals surface area contributed by atoms with Gasteiger partial charge in [0.25, 0.3) is 0 Å². The number of carbonyl (C=O) groups excluding carboxylic acids is 1. The van der Waals surface area contributed by atoms with Gasteiger partial charge in [0.15, 0.2) is 11.5 Å². The summed E-state index contributed by atoms with van der Waals surface area (Å²) < 4.78 is 5.64. The van der Waals surface area contributed by atoms with E-state index in [0.717, 1.165) is 37.0 Å². The van der Waals surface area contributed by atoms with Crippen LogP contribution in [0, 0.1) is 5.92 Å². The van der Waals surface area contributed by atoms with Crippen LogP contribution in [0.25, 0.3) is 11.1 Å². The smallest absolute Gasteiger partial charge is 0.224 e. The summed E-state index contributed by atoms with van der Waals surface area (Å²) in [5.41, 5.74) is 1.67. The van der Waals surface area contributed by atoms with Crippen molar-refractivity contribution in [3.63, 3.8) is 0 Å². The van der Waals surface area contributed by atoms with Gasteiger partial charge < -0.3 is 14.6 Å². The maximum absolute atomic E-state index is 12.1. The number of piperidine rings is 1. The van der Waals surface area contributed by atoms with Gasteiger partial charge in [0.2, 0.25) is 5.91 Å². The Morgan fingerprint density at radius 1 is 1.48 bits per heavy atom. The minimum atomic E-state index is 0.118. The molecule has 1 fully saturated rings. The van der Waals surface area contributed by atoms with Gasteiger partial charge in [-0.3, -0.25) is 4.79 Å². The first-order valence-electron chi connectivity index (χ1n) is 7.53. The molecule has 1 atom stereocenters. The van der Waals surface area contributed by atoms with Gasteiger partial charge in [-0.2, -0.15) is 0 Å². The van der Waals surface area contributed by atoms with Gasteiger partial charge in [-0.1, -0.05) is 12.1 Å². The van der Waals surface area contributed by atoms with E-state index in [0.29, 0.717) is 18.9 Å². The summed E-state index contributed by atoms with van der Waals surface area (Å²) in [4.78, 5) is 18.7. The van der Waals surface area contributed by atoms with E-state index in [1.807, 2.05) is 24.3 Å². The van der Waals surface area contributed by atoms with Gasteiger partial charge in [-0.05, 0) is 38.6 Å². The molecule has 1 aliphatic heterocycles. The molecule has 2 aromatic rings. The number of aromatic nitrogens is 1. The van der Waals surface area contributed by atoms with Crippen molar-refractivity contribution in [1.29, 1.82) is 0 Å². The summed E-state index contributed by atoms with van der Waals surface area (Å²) >= 11 is 0. The highest BCUT2D eigenvalue weighted by Crippen LogP contribution is 2.16. The molecule has 0 unspecified atom stereocenters. The van der Waals surface area contributed by atoms with Crippen LogP contribution in [0.5, 0.6) is 0 Å². The number of hydrogen-bond donors (Lipinski definition) is 1. The number of oxazole rings is 1. The van der Waals surface area contributed by atoms with Gasteiger partial charge in [0.05, 0.1) is 5.92 Å². The van der Waals surface area contributed by atoms with E-state index in [2.05, 4.69) is 22.2 Å². The van der Waals surface area contributed by atoms with Crippen molar-refractivity contribution in [3.05, 3.63) is 30.2 Å². The third-order valence-corrected chi connectivity index (χ3v) is 3.97. The number of hydrogen-bond acceptors (Lipinski definition) is 4. The van der Waals surface area contributed by atoms with Crippen LogP contribution in [0.2, 0.25) is 0 Å². The Hall–Kier alpha value is -1.88. The molecule has 0 radical (unpaired) electrons. The van der Waals surface area contributed by atoms with Gasteiger partial charge in [0.1, 0.15) is 5.52 Å². The zero-order chi connectivity index (χ0) is 14.7. The van der Waals surface area contributed by atoms with E-state index in [1.54, 1.807) is 0 Å². The van der Waals surface area contributed by atoms with E-state index in [1.165, 1.54) is 0 Å². The summed E-state index contributed by atoms with van der Waals surface area (Å²) in [7, 11) is 2.07. The number of nitrogens with zero attached hydrogens (tertiary/aromatic N) is 2. The lowest BCUT2D eigenvalue weighted by Gasteiger charge is -2.28. The number of amides is 1. The highest BCUT2D eigenvalue weighted by Gasteiger charge is 2.23. The standard InChI is InChI=1S/C16H21N3O2/c1-19-10-4-5-12(11-19)16(20)17-9-8-15-18-13-6-2-3-7-14(13)21-15/h2-3,6-7,12H,4-5,8-11H2,1H3,(H,17,20)/t12-/m1/s1. The fraction of sp³-hybridized carbons (Fsp3) is 0.500.